The molecule has 26 heavy (non-hydrogen) atoms. The Labute approximate surface area is 158 Å². The van der Waals surface area contributed by atoms with Gasteiger partial charge in [-0.3, -0.25) is 19.7 Å². The van der Waals surface area contributed by atoms with Gasteiger partial charge in [-0.15, -0.1) is 11.3 Å². The number of nitro benzene ring substituents is 1. The lowest BCUT2D eigenvalue weighted by Crippen LogP contribution is -2.18. The summed E-state index contributed by atoms with van der Waals surface area (Å²) >= 11 is 7.10. The van der Waals surface area contributed by atoms with Crippen LogP contribution in [0, 0.1) is 10.1 Å². The molecule has 7 nitrogen and oxygen atoms in total. The number of primary amides is 1. The van der Waals surface area contributed by atoms with Crippen LogP contribution in [0.15, 0.2) is 18.2 Å². The summed E-state index contributed by atoms with van der Waals surface area (Å²) in [5, 5.41) is 14.3. The second-order valence-corrected chi connectivity index (χ2v) is 7.55. The third kappa shape index (κ3) is 3.56. The first-order valence-corrected chi connectivity index (χ1v) is 9.27. The molecular formula is C17H16ClN3O4S. The molecular weight excluding hydrogens is 378 g/mol. The van der Waals surface area contributed by atoms with Gasteiger partial charge in [0.2, 0.25) is 0 Å². The Morgan fingerprint density at radius 1 is 1.23 bits per heavy atom. The lowest BCUT2D eigenvalue weighted by atomic mass is 10.0. The molecule has 1 heterocycles. The smallest absolute Gasteiger partial charge is 0.283 e. The maximum Gasteiger partial charge on any atom is 0.283 e. The average molecular weight is 394 g/mol. The standard InChI is InChI=1S/C17H16ClN3O4S/c18-9-6-7-10(12(8-9)21(24)25)16(23)20-17-14(15(19)22)11-4-2-1-3-5-13(11)26-17/h6-8H,1-5H2,(H2,19,22)(H,20,23). The zero-order valence-electron chi connectivity index (χ0n) is 13.7. The number of rotatable bonds is 4. The summed E-state index contributed by atoms with van der Waals surface area (Å²) in [7, 11) is 0. The van der Waals surface area contributed by atoms with E-state index in [0.29, 0.717) is 10.6 Å². The molecule has 3 N–H and O–H groups in total. The van der Waals surface area contributed by atoms with Crippen molar-refractivity contribution in [3.05, 3.63) is 54.9 Å². The van der Waals surface area contributed by atoms with Gasteiger partial charge < -0.3 is 11.1 Å². The van der Waals surface area contributed by atoms with Crippen molar-refractivity contribution >= 4 is 45.4 Å². The molecule has 3 rings (SSSR count). The minimum atomic E-state index is -0.674. The zero-order chi connectivity index (χ0) is 18.8. The van der Waals surface area contributed by atoms with Gasteiger partial charge in [0, 0.05) is 16.0 Å². The third-order valence-electron chi connectivity index (χ3n) is 4.30. The molecule has 0 spiro atoms. The Balaban J connectivity index is 1.98. The van der Waals surface area contributed by atoms with Gasteiger partial charge in [0.15, 0.2) is 0 Å². The first kappa shape index (κ1) is 18.3. The fraction of sp³-hybridized carbons (Fsp3) is 0.294. The van der Waals surface area contributed by atoms with Crippen LogP contribution in [-0.4, -0.2) is 16.7 Å². The Morgan fingerprint density at radius 3 is 2.65 bits per heavy atom. The van der Waals surface area contributed by atoms with Crippen molar-refractivity contribution in [3.8, 4) is 0 Å². The van der Waals surface area contributed by atoms with Crippen molar-refractivity contribution in [3.63, 3.8) is 0 Å². The van der Waals surface area contributed by atoms with E-state index in [9.17, 15) is 19.7 Å². The lowest BCUT2D eigenvalue weighted by molar-refractivity contribution is -0.385. The molecule has 0 fully saturated rings. The highest BCUT2D eigenvalue weighted by Crippen LogP contribution is 2.37. The molecule has 0 atom stereocenters. The number of aryl methyl sites for hydroxylation is 1. The van der Waals surface area contributed by atoms with E-state index in [4.69, 9.17) is 17.3 Å². The van der Waals surface area contributed by atoms with Crippen LogP contribution < -0.4 is 11.1 Å². The van der Waals surface area contributed by atoms with Crippen LogP contribution in [0.5, 0.6) is 0 Å². The van der Waals surface area contributed by atoms with Crippen LogP contribution in [0.2, 0.25) is 5.02 Å². The number of amides is 2. The van der Waals surface area contributed by atoms with E-state index in [1.807, 2.05) is 0 Å². The number of thiophene rings is 1. The predicted octanol–water partition coefficient (Wildman–Crippen LogP) is 3.93. The number of carbonyl (C=O) groups excluding carboxylic acids is 2. The van der Waals surface area contributed by atoms with E-state index in [-0.39, 0.29) is 10.6 Å². The SMILES string of the molecule is NC(=O)c1c(NC(=O)c2ccc(Cl)cc2[N+](=O)[O-])sc2c1CCCCC2. The van der Waals surface area contributed by atoms with Gasteiger partial charge >= 0.3 is 0 Å². The molecule has 1 aromatic carbocycles. The largest absolute Gasteiger partial charge is 0.365 e. The maximum absolute atomic E-state index is 12.6. The normalized spacial score (nSPS) is 13.6. The Kier molecular flexibility index (Phi) is 5.24. The molecule has 2 amide bonds. The van der Waals surface area contributed by atoms with Crippen LogP contribution in [0.3, 0.4) is 0 Å². The minimum Gasteiger partial charge on any atom is -0.365 e. The monoisotopic (exact) mass is 393 g/mol. The highest BCUT2D eigenvalue weighted by molar-refractivity contribution is 7.17. The van der Waals surface area contributed by atoms with Gasteiger partial charge in [0.25, 0.3) is 17.5 Å². The number of nitro groups is 1. The van der Waals surface area contributed by atoms with Gasteiger partial charge in [-0.05, 0) is 43.4 Å². The quantitative estimate of drug-likeness (QED) is 0.465. The van der Waals surface area contributed by atoms with Crippen LogP contribution in [-0.2, 0) is 12.8 Å². The fourth-order valence-electron chi connectivity index (χ4n) is 3.11. The molecule has 136 valence electrons. The molecule has 1 aliphatic rings. The van der Waals surface area contributed by atoms with E-state index in [0.717, 1.165) is 48.6 Å². The van der Waals surface area contributed by atoms with Crippen LogP contribution >= 0.6 is 22.9 Å². The number of benzene rings is 1. The van der Waals surface area contributed by atoms with Crippen LogP contribution in [0.1, 0.15) is 50.4 Å². The summed E-state index contributed by atoms with van der Waals surface area (Å²) in [5.41, 5.74) is 6.22. The van der Waals surface area contributed by atoms with Gasteiger partial charge in [-0.25, -0.2) is 0 Å². The maximum atomic E-state index is 12.6. The first-order chi connectivity index (χ1) is 12.4. The highest BCUT2D eigenvalue weighted by atomic mass is 35.5. The average Bonchev–Trinajstić information content (AvgIpc) is 2.76. The summed E-state index contributed by atoms with van der Waals surface area (Å²) in [6, 6.07) is 3.81. The van der Waals surface area contributed by atoms with Crippen molar-refractivity contribution < 1.29 is 14.5 Å². The number of hydrogen-bond acceptors (Lipinski definition) is 5. The van der Waals surface area contributed by atoms with Crippen molar-refractivity contribution in [1.82, 2.24) is 0 Å². The first-order valence-electron chi connectivity index (χ1n) is 8.08. The van der Waals surface area contributed by atoms with E-state index in [1.165, 1.54) is 23.5 Å². The van der Waals surface area contributed by atoms with E-state index in [1.54, 1.807) is 0 Å². The zero-order valence-corrected chi connectivity index (χ0v) is 15.3. The molecule has 0 unspecified atom stereocenters. The summed E-state index contributed by atoms with van der Waals surface area (Å²) in [6.07, 6.45) is 4.62. The van der Waals surface area contributed by atoms with Gasteiger partial charge in [-0.1, -0.05) is 18.0 Å². The topological polar surface area (TPSA) is 115 Å². The van der Waals surface area contributed by atoms with Crippen LogP contribution in [0.25, 0.3) is 0 Å². The van der Waals surface area contributed by atoms with Crippen LogP contribution in [0.4, 0.5) is 10.7 Å². The number of anilines is 1. The Bertz CT molecular complexity index is 910. The number of nitrogens with zero attached hydrogens (tertiary/aromatic N) is 1. The van der Waals surface area contributed by atoms with E-state index in [2.05, 4.69) is 5.32 Å². The van der Waals surface area contributed by atoms with Crippen molar-refractivity contribution in [2.45, 2.75) is 32.1 Å². The molecule has 0 aliphatic heterocycles. The highest BCUT2D eigenvalue weighted by Gasteiger charge is 2.26. The summed E-state index contributed by atoms with van der Waals surface area (Å²) < 4.78 is 0. The van der Waals surface area contributed by atoms with Crippen molar-refractivity contribution in [2.24, 2.45) is 5.73 Å². The number of nitrogens with one attached hydrogen (secondary N) is 1. The number of fused-ring (bicyclic) bond motifs is 1. The molecule has 0 saturated carbocycles. The summed E-state index contributed by atoms with van der Waals surface area (Å²) in [5.74, 6) is -1.28. The number of hydrogen-bond donors (Lipinski definition) is 2. The van der Waals surface area contributed by atoms with Gasteiger partial charge in [0.1, 0.15) is 10.6 Å². The van der Waals surface area contributed by atoms with Gasteiger partial charge in [-0.2, -0.15) is 0 Å². The number of halogens is 1. The number of carbonyl (C=O) groups is 2. The molecule has 2 aromatic rings. The molecule has 0 radical (unpaired) electrons. The molecule has 1 aromatic heterocycles. The van der Waals surface area contributed by atoms with Crippen molar-refractivity contribution in [2.75, 3.05) is 5.32 Å². The number of nitrogens with two attached hydrogens (primary N) is 1. The van der Waals surface area contributed by atoms with E-state index < -0.39 is 22.4 Å². The van der Waals surface area contributed by atoms with Crippen molar-refractivity contribution in [1.29, 1.82) is 0 Å². The Morgan fingerprint density at radius 2 is 1.96 bits per heavy atom. The molecule has 9 heteroatoms. The third-order valence-corrected chi connectivity index (χ3v) is 5.74. The second kappa shape index (κ2) is 7.43. The molecule has 0 bridgehead atoms. The lowest BCUT2D eigenvalue weighted by Gasteiger charge is -2.07. The fourth-order valence-corrected chi connectivity index (χ4v) is 4.57. The van der Waals surface area contributed by atoms with Gasteiger partial charge in [0.05, 0.1) is 10.5 Å². The minimum absolute atomic E-state index is 0.126. The summed E-state index contributed by atoms with van der Waals surface area (Å²) in [4.78, 5) is 36.1. The second-order valence-electron chi connectivity index (χ2n) is 6.01. The predicted molar refractivity (Wildman–Crippen MR) is 100 cm³/mol. The molecule has 0 saturated heterocycles. The van der Waals surface area contributed by atoms with E-state index >= 15 is 0 Å². The summed E-state index contributed by atoms with van der Waals surface area (Å²) in [6.45, 7) is 0. The Hall–Kier alpha value is -2.45. The molecule has 1 aliphatic carbocycles.